The van der Waals surface area contributed by atoms with Crippen LogP contribution in [0.4, 0.5) is 5.69 Å². The quantitative estimate of drug-likeness (QED) is 0.464. The standard InChI is InChI=1S/C15H15NO3/c1-15(2,3)14(17)12-9-8-10-6-4-5-7-11(10)13(12)16(18)19/h4-9H,1-3H3. The molecule has 0 amide bonds. The van der Waals surface area contributed by atoms with Gasteiger partial charge in [0.1, 0.15) is 0 Å². The third-order valence-electron chi connectivity index (χ3n) is 3.01. The molecule has 4 nitrogen and oxygen atoms in total. The molecule has 0 aliphatic rings. The van der Waals surface area contributed by atoms with Crippen LogP contribution in [0.25, 0.3) is 10.8 Å². The summed E-state index contributed by atoms with van der Waals surface area (Å²) in [4.78, 5) is 23.2. The summed E-state index contributed by atoms with van der Waals surface area (Å²) in [5.74, 6) is -0.218. The van der Waals surface area contributed by atoms with Gasteiger partial charge in [-0.3, -0.25) is 14.9 Å². The highest BCUT2D eigenvalue weighted by molar-refractivity contribution is 6.08. The Balaban J connectivity index is 2.79. The Morgan fingerprint density at radius 1 is 1.11 bits per heavy atom. The van der Waals surface area contributed by atoms with E-state index in [9.17, 15) is 14.9 Å². The van der Waals surface area contributed by atoms with Crippen LogP contribution >= 0.6 is 0 Å². The van der Waals surface area contributed by atoms with E-state index in [1.54, 1.807) is 51.1 Å². The van der Waals surface area contributed by atoms with Crippen LogP contribution in [-0.2, 0) is 0 Å². The molecule has 4 heteroatoms. The third-order valence-corrected chi connectivity index (χ3v) is 3.01. The number of nitrogens with zero attached hydrogens (tertiary/aromatic N) is 1. The van der Waals surface area contributed by atoms with Crippen LogP contribution in [0, 0.1) is 15.5 Å². The highest BCUT2D eigenvalue weighted by Gasteiger charge is 2.30. The number of nitro groups is 1. The van der Waals surface area contributed by atoms with Gasteiger partial charge in [-0.1, -0.05) is 45.0 Å². The van der Waals surface area contributed by atoms with Gasteiger partial charge in [-0.05, 0) is 17.5 Å². The Kier molecular flexibility index (Phi) is 3.10. The van der Waals surface area contributed by atoms with Gasteiger partial charge in [0.25, 0.3) is 5.69 Å². The van der Waals surface area contributed by atoms with E-state index in [4.69, 9.17) is 0 Å². The van der Waals surface area contributed by atoms with Gasteiger partial charge in [0, 0.05) is 5.41 Å². The summed E-state index contributed by atoms with van der Waals surface area (Å²) in [6.45, 7) is 5.27. The molecule has 0 bridgehead atoms. The summed E-state index contributed by atoms with van der Waals surface area (Å²) in [7, 11) is 0. The van der Waals surface area contributed by atoms with Crippen molar-refractivity contribution in [3.05, 3.63) is 52.1 Å². The van der Waals surface area contributed by atoms with Crippen molar-refractivity contribution < 1.29 is 9.72 Å². The highest BCUT2D eigenvalue weighted by Crippen LogP contribution is 2.33. The van der Waals surface area contributed by atoms with Gasteiger partial charge in [-0.2, -0.15) is 0 Å². The van der Waals surface area contributed by atoms with Crippen LogP contribution in [0.3, 0.4) is 0 Å². The molecule has 19 heavy (non-hydrogen) atoms. The fourth-order valence-corrected chi connectivity index (χ4v) is 2.04. The number of hydrogen-bond donors (Lipinski definition) is 0. The van der Waals surface area contributed by atoms with Crippen LogP contribution in [0.5, 0.6) is 0 Å². The lowest BCUT2D eigenvalue weighted by atomic mass is 9.85. The van der Waals surface area contributed by atoms with Crippen molar-refractivity contribution in [3.8, 4) is 0 Å². The average Bonchev–Trinajstić information content (AvgIpc) is 2.35. The topological polar surface area (TPSA) is 60.2 Å². The zero-order valence-corrected chi connectivity index (χ0v) is 11.1. The van der Waals surface area contributed by atoms with Crippen LogP contribution < -0.4 is 0 Å². The fourth-order valence-electron chi connectivity index (χ4n) is 2.04. The van der Waals surface area contributed by atoms with Crippen LogP contribution in [-0.4, -0.2) is 10.7 Å². The maximum atomic E-state index is 12.3. The van der Waals surface area contributed by atoms with E-state index in [-0.39, 0.29) is 17.0 Å². The van der Waals surface area contributed by atoms with Gasteiger partial charge in [-0.15, -0.1) is 0 Å². The molecule has 2 aromatic carbocycles. The molecule has 2 aromatic rings. The van der Waals surface area contributed by atoms with Crippen molar-refractivity contribution in [1.29, 1.82) is 0 Å². The molecule has 0 saturated heterocycles. The first-order valence-electron chi connectivity index (χ1n) is 6.03. The van der Waals surface area contributed by atoms with E-state index in [1.807, 2.05) is 6.07 Å². The number of fused-ring (bicyclic) bond motifs is 1. The molecule has 0 unspecified atom stereocenters. The first-order chi connectivity index (χ1) is 8.82. The van der Waals surface area contributed by atoms with Gasteiger partial charge in [-0.25, -0.2) is 0 Å². The molecule has 0 heterocycles. The molecule has 0 atom stereocenters. The number of hydrogen-bond acceptors (Lipinski definition) is 3. The minimum Gasteiger partial charge on any atom is -0.293 e. The smallest absolute Gasteiger partial charge is 0.287 e. The lowest BCUT2D eigenvalue weighted by Gasteiger charge is -2.17. The number of ketones is 1. The number of carbonyl (C=O) groups excluding carboxylic acids is 1. The molecule has 0 N–H and O–H groups in total. The van der Waals surface area contributed by atoms with E-state index in [0.717, 1.165) is 5.39 Å². The van der Waals surface area contributed by atoms with Crippen molar-refractivity contribution in [2.24, 2.45) is 5.41 Å². The summed E-state index contributed by atoms with van der Waals surface area (Å²) in [5.41, 5.74) is -0.568. The van der Waals surface area contributed by atoms with E-state index in [2.05, 4.69) is 0 Å². The largest absolute Gasteiger partial charge is 0.293 e. The molecular formula is C15H15NO3. The summed E-state index contributed by atoms with van der Waals surface area (Å²) in [6, 6.07) is 10.3. The minimum absolute atomic E-state index is 0.0991. The fraction of sp³-hybridized carbons (Fsp3) is 0.267. The molecule has 0 saturated carbocycles. The first-order valence-corrected chi connectivity index (χ1v) is 6.03. The first kappa shape index (κ1) is 13.2. The number of rotatable bonds is 2. The van der Waals surface area contributed by atoms with Gasteiger partial charge in [0.15, 0.2) is 5.78 Å². The lowest BCUT2D eigenvalue weighted by molar-refractivity contribution is -0.383. The molecule has 0 spiro atoms. The van der Waals surface area contributed by atoms with Crippen molar-refractivity contribution in [1.82, 2.24) is 0 Å². The number of nitro benzene ring substituents is 1. The van der Waals surface area contributed by atoms with Crippen molar-refractivity contribution in [3.63, 3.8) is 0 Å². The molecule has 0 fully saturated rings. The minimum atomic E-state index is -0.646. The lowest BCUT2D eigenvalue weighted by Crippen LogP contribution is -2.21. The Bertz CT molecular complexity index is 669. The Labute approximate surface area is 111 Å². The van der Waals surface area contributed by atoms with E-state index in [1.165, 1.54) is 0 Å². The third kappa shape index (κ3) is 2.34. The van der Waals surface area contributed by atoms with Gasteiger partial charge in [0.2, 0.25) is 0 Å². The van der Waals surface area contributed by atoms with Crippen LogP contribution in [0.2, 0.25) is 0 Å². The Hall–Kier alpha value is -2.23. The van der Waals surface area contributed by atoms with Crippen molar-refractivity contribution in [2.75, 3.05) is 0 Å². The molecule has 0 aromatic heterocycles. The van der Waals surface area contributed by atoms with Gasteiger partial charge in [0.05, 0.1) is 15.9 Å². The van der Waals surface area contributed by atoms with Gasteiger partial charge >= 0.3 is 0 Å². The second-order valence-corrected chi connectivity index (χ2v) is 5.52. The van der Waals surface area contributed by atoms with Crippen molar-refractivity contribution >= 4 is 22.2 Å². The second-order valence-electron chi connectivity index (χ2n) is 5.52. The number of carbonyl (C=O) groups is 1. The molecular weight excluding hydrogens is 242 g/mol. The maximum absolute atomic E-state index is 12.3. The average molecular weight is 257 g/mol. The maximum Gasteiger partial charge on any atom is 0.287 e. The molecule has 0 radical (unpaired) electrons. The van der Waals surface area contributed by atoms with E-state index < -0.39 is 10.3 Å². The number of benzene rings is 2. The zero-order valence-electron chi connectivity index (χ0n) is 11.1. The van der Waals surface area contributed by atoms with Gasteiger partial charge < -0.3 is 0 Å². The Morgan fingerprint density at radius 3 is 2.32 bits per heavy atom. The summed E-state index contributed by atoms with van der Waals surface area (Å²) in [6.07, 6.45) is 0. The number of Topliss-reactive ketones (excluding diaryl/α,β-unsaturated/α-hetero) is 1. The monoisotopic (exact) mass is 257 g/mol. The summed E-state index contributed by atoms with van der Waals surface area (Å²) < 4.78 is 0. The SMILES string of the molecule is CC(C)(C)C(=O)c1ccc2ccccc2c1[N+](=O)[O-]. The second kappa shape index (κ2) is 4.46. The summed E-state index contributed by atoms with van der Waals surface area (Å²) in [5, 5.41) is 12.6. The van der Waals surface area contributed by atoms with Crippen molar-refractivity contribution in [2.45, 2.75) is 20.8 Å². The van der Waals surface area contributed by atoms with Crippen LogP contribution in [0.15, 0.2) is 36.4 Å². The predicted molar refractivity (Wildman–Crippen MR) is 74.4 cm³/mol. The normalized spacial score (nSPS) is 11.5. The van der Waals surface area contributed by atoms with E-state index >= 15 is 0 Å². The van der Waals surface area contributed by atoms with Crippen LogP contribution in [0.1, 0.15) is 31.1 Å². The Morgan fingerprint density at radius 2 is 1.74 bits per heavy atom. The predicted octanol–water partition coefficient (Wildman–Crippen LogP) is 3.98. The molecule has 98 valence electrons. The summed E-state index contributed by atoms with van der Waals surface area (Å²) >= 11 is 0. The van der Waals surface area contributed by atoms with E-state index in [0.29, 0.717) is 5.39 Å². The molecule has 0 aliphatic carbocycles. The molecule has 2 rings (SSSR count). The highest BCUT2D eigenvalue weighted by atomic mass is 16.6. The molecule has 0 aliphatic heterocycles. The zero-order chi connectivity index (χ0) is 14.2.